The molecule has 0 fully saturated rings. The van der Waals surface area contributed by atoms with E-state index in [4.69, 9.17) is 23.2 Å². The molecule has 0 bridgehead atoms. The van der Waals surface area contributed by atoms with Crippen molar-refractivity contribution in [1.29, 1.82) is 0 Å². The minimum atomic E-state index is -0.577. The lowest BCUT2D eigenvalue weighted by Gasteiger charge is -2.18. The van der Waals surface area contributed by atoms with Gasteiger partial charge in [0.2, 0.25) is 0 Å². The minimum absolute atomic E-state index is 0.462. The predicted molar refractivity (Wildman–Crippen MR) is 85.8 cm³/mol. The Morgan fingerprint density at radius 1 is 1.05 bits per heavy atom. The minimum Gasteiger partial charge on any atom is -0.388 e. The van der Waals surface area contributed by atoms with E-state index in [0.29, 0.717) is 16.5 Å². The highest BCUT2D eigenvalue weighted by atomic mass is 35.5. The Hall–Kier alpha value is -1.02. The normalized spacial score (nSPS) is 12.5. The zero-order valence-corrected chi connectivity index (χ0v) is 13.4. The van der Waals surface area contributed by atoms with Crippen LogP contribution >= 0.6 is 23.2 Å². The first-order chi connectivity index (χ1) is 9.40. The van der Waals surface area contributed by atoms with Crippen LogP contribution in [-0.4, -0.2) is 5.11 Å². The molecule has 0 saturated carbocycles. The number of halogens is 2. The van der Waals surface area contributed by atoms with Crippen LogP contribution in [0.1, 0.15) is 33.9 Å². The standard InChI is InChI=1S/C17H18Cl2O/c1-10-7-11(2)16(12(3)8-10)15(20)9-13-5-4-6-14(18)17(13)19/h4-8,15,20H,9H2,1-3H3. The van der Waals surface area contributed by atoms with Gasteiger partial charge in [0.15, 0.2) is 0 Å². The van der Waals surface area contributed by atoms with Gasteiger partial charge >= 0.3 is 0 Å². The van der Waals surface area contributed by atoms with E-state index in [0.717, 1.165) is 22.3 Å². The van der Waals surface area contributed by atoms with E-state index in [-0.39, 0.29) is 0 Å². The summed E-state index contributed by atoms with van der Waals surface area (Å²) in [5.41, 5.74) is 5.26. The monoisotopic (exact) mass is 308 g/mol. The van der Waals surface area contributed by atoms with Crippen molar-refractivity contribution in [3.8, 4) is 0 Å². The van der Waals surface area contributed by atoms with Crippen LogP contribution in [0, 0.1) is 20.8 Å². The Labute approximate surface area is 130 Å². The summed E-state index contributed by atoms with van der Waals surface area (Å²) in [5, 5.41) is 11.6. The smallest absolute Gasteiger partial charge is 0.0836 e. The van der Waals surface area contributed by atoms with Gasteiger partial charge < -0.3 is 5.11 Å². The maximum absolute atomic E-state index is 10.5. The van der Waals surface area contributed by atoms with Crippen LogP contribution in [0.4, 0.5) is 0 Å². The largest absolute Gasteiger partial charge is 0.388 e. The van der Waals surface area contributed by atoms with Crippen LogP contribution in [0.5, 0.6) is 0 Å². The highest BCUT2D eigenvalue weighted by molar-refractivity contribution is 6.42. The average Bonchev–Trinajstić information content (AvgIpc) is 2.33. The summed E-state index contributed by atoms with van der Waals surface area (Å²) < 4.78 is 0. The summed E-state index contributed by atoms with van der Waals surface area (Å²) in [4.78, 5) is 0. The molecular formula is C17H18Cl2O. The summed E-state index contributed by atoms with van der Waals surface area (Å²) in [6.45, 7) is 6.11. The molecule has 0 amide bonds. The second-order valence-corrected chi connectivity index (χ2v) is 6.03. The molecule has 0 aliphatic rings. The third kappa shape index (κ3) is 3.17. The molecule has 106 valence electrons. The Morgan fingerprint density at radius 3 is 2.25 bits per heavy atom. The van der Waals surface area contributed by atoms with Crippen LogP contribution in [0.3, 0.4) is 0 Å². The molecule has 1 N–H and O–H groups in total. The number of hydrogen-bond donors (Lipinski definition) is 1. The highest BCUT2D eigenvalue weighted by Crippen LogP contribution is 2.31. The van der Waals surface area contributed by atoms with E-state index in [9.17, 15) is 5.11 Å². The van der Waals surface area contributed by atoms with Crippen LogP contribution in [0.2, 0.25) is 10.0 Å². The SMILES string of the molecule is Cc1cc(C)c(C(O)Cc2cccc(Cl)c2Cl)c(C)c1. The van der Waals surface area contributed by atoms with Crippen LogP contribution in [0.25, 0.3) is 0 Å². The zero-order valence-electron chi connectivity index (χ0n) is 11.9. The number of benzene rings is 2. The van der Waals surface area contributed by atoms with Gasteiger partial charge in [-0.15, -0.1) is 0 Å². The fraction of sp³-hybridized carbons (Fsp3) is 0.294. The maximum atomic E-state index is 10.5. The van der Waals surface area contributed by atoms with E-state index in [2.05, 4.69) is 19.1 Å². The van der Waals surface area contributed by atoms with Crippen molar-refractivity contribution in [1.82, 2.24) is 0 Å². The van der Waals surface area contributed by atoms with Crippen LogP contribution in [0.15, 0.2) is 30.3 Å². The number of aliphatic hydroxyl groups is 1. The van der Waals surface area contributed by atoms with Gasteiger partial charge in [-0.2, -0.15) is 0 Å². The van der Waals surface area contributed by atoms with E-state index < -0.39 is 6.10 Å². The molecular weight excluding hydrogens is 291 g/mol. The lowest BCUT2D eigenvalue weighted by molar-refractivity contribution is 0.177. The Balaban J connectivity index is 2.33. The molecule has 2 aromatic carbocycles. The summed E-state index contributed by atoms with van der Waals surface area (Å²) in [5.74, 6) is 0. The third-order valence-corrected chi connectivity index (χ3v) is 4.37. The van der Waals surface area contributed by atoms with Crippen molar-refractivity contribution in [3.63, 3.8) is 0 Å². The molecule has 1 nitrogen and oxygen atoms in total. The molecule has 2 aromatic rings. The molecule has 20 heavy (non-hydrogen) atoms. The Morgan fingerprint density at radius 2 is 1.65 bits per heavy atom. The molecule has 0 spiro atoms. The van der Waals surface area contributed by atoms with Crippen molar-refractivity contribution >= 4 is 23.2 Å². The van der Waals surface area contributed by atoms with E-state index in [1.807, 2.05) is 26.0 Å². The van der Waals surface area contributed by atoms with Crippen molar-refractivity contribution < 1.29 is 5.11 Å². The fourth-order valence-corrected chi connectivity index (χ4v) is 3.13. The second kappa shape index (κ2) is 6.17. The zero-order chi connectivity index (χ0) is 14.9. The highest BCUT2D eigenvalue weighted by Gasteiger charge is 2.16. The fourth-order valence-electron chi connectivity index (χ4n) is 2.73. The number of aryl methyl sites for hydroxylation is 3. The average molecular weight is 309 g/mol. The van der Waals surface area contributed by atoms with Crippen LogP contribution < -0.4 is 0 Å². The summed E-state index contributed by atoms with van der Waals surface area (Å²) >= 11 is 12.2. The number of aliphatic hydroxyl groups excluding tert-OH is 1. The molecule has 0 radical (unpaired) electrons. The van der Waals surface area contributed by atoms with Gasteiger partial charge in [0.25, 0.3) is 0 Å². The molecule has 0 heterocycles. The maximum Gasteiger partial charge on any atom is 0.0836 e. The predicted octanol–water partition coefficient (Wildman–Crippen LogP) is 5.19. The Kier molecular flexibility index (Phi) is 4.74. The molecule has 0 saturated heterocycles. The number of rotatable bonds is 3. The lowest BCUT2D eigenvalue weighted by atomic mass is 9.92. The quantitative estimate of drug-likeness (QED) is 0.826. The van der Waals surface area contributed by atoms with Crippen molar-refractivity contribution in [2.75, 3.05) is 0 Å². The van der Waals surface area contributed by atoms with Crippen molar-refractivity contribution in [3.05, 3.63) is 68.2 Å². The Bertz CT molecular complexity index is 612. The summed E-state index contributed by atoms with van der Waals surface area (Å²) in [7, 11) is 0. The third-order valence-electron chi connectivity index (χ3n) is 3.52. The van der Waals surface area contributed by atoms with Gasteiger partial charge in [-0.1, -0.05) is 53.0 Å². The van der Waals surface area contributed by atoms with Crippen molar-refractivity contribution in [2.24, 2.45) is 0 Å². The molecule has 2 rings (SSSR count). The first-order valence-electron chi connectivity index (χ1n) is 6.59. The molecule has 0 aliphatic carbocycles. The second-order valence-electron chi connectivity index (χ2n) is 5.25. The topological polar surface area (TPSA) is 20.2 Å². The molecule has 3 heteroatoms. The van der Waals surface area contributed by atoms with Gasteiger partial charge in [-0.05, 0) is 49.1 Å². The summed E-state index contributed by atoms with van der Waals surface area (Å²) in [6.07, 6.45) is -0.115. The van der Waals surface area contributed by atoms with Gasteiger partial charge in [0, 0.05) is 6.42 Å². The molecule has 1 unspecified atom stereocenters. The molecule has 0 aromatic heterocycles. The van der Waals surface area contributed by atoms with Gasteiger partial charge in [-0.25, -0.2) is 0 Å². The first kappa shape index (κ1) is 15.4. The first-order valence-corrected chi connectivity index (χ1v) is 7.34. The molecule has 1 atom stereocenters. The van der Waals surface area contributed by atoms with Gasteiger partial charge in [0.05, 0.1) is 16.1 Å². The van der Waals surface area contributed by atoms with E-state index >= 15 is 0 Å². The van der Waals surface area contributed by atoms with E-state index in [1.165, 1.54) is 5.56 Å². The molecule has 0 aliphatic heterocycles. The lowest BCUT2D eigenvalue weighted by Crippen LogP contribution is -2.07. The van der Waals surface area contributed by atoms with Gasteiger partial charge in [-0.3, -0.25) is 0 Å². The number of hydrogen-bond acceptors (Lipinski definition) is 1. The van der Waals surface area contributed by atoms with Gasteiger partial charge in [0.1, 0.15) is 0 Å². The van der Waals surface area contributed by atoms with E-state index in [1.54, 1.807) is 6.07 Å². The van der Waals surface area contributed by atoms with Crippen LogP contribution in [-0.2, 0) is 6.42 Å². The van der Waals surface area contributed by atoms with Crippen molar-refractivity contribution in [2.45, 2.75) is 33.3 Å². The summed E-state index contributed by atoms with van der Waals surface area (Å²) in [6, 6.07) is 9.68.